The molecular weight excluding hydrogens is 514 g/mol. The van der Waals surface area contributed by atoms with Crippen molar-refractivity contribution in [3.8, 4) is 5.75 Å². The summed E-state index contributed by atoms with van der Waals surface area (Å²) >= 11 is 0. The summed E-state index contributed by atoms with van der Waals surface area (Å²) in [6.45, 7) is 5.57. The molecular formula is C30H37N3O5S. The van der Waals surface area contributed by atoms with Gasteiger partial charge in [-0.15, -0.1) is 0 Å². The van der Waals surface area contributed by atoms with Crippen LogP contribution in [0.25, 0.3) is 0 Å². The summed E-state index contributed by atoms with van der Waals surface area (Å²) in [5.41, 5.74) is 3.74. The van der Waals surface area contributed by atoms with Gasteiger partial charge in [-0.2, -0.15) is 0 Å². The van der Waals surface area contributed by atoms with Crippen LogP contribution in [0.3, 0.4) is 0 Å². The summed E-state index contributed by atoms with van der Waals surface area (Å²) in [4.78, 5) is 28.9. The summed E-state index contributed by atoms with van der Waals surface area (Å²) in [5.74, 6) is -0.183. The number of ether oxygens (including phenoxy) is 1. The number of sulfonamides is 1. The summed E-state index contributed by atoms with van der Waals surface area (Å²) in [6.07, 6.45) is 1.35. The minimum absolute atomic E-state index is 0.0923. The number of amides is 2. The highest BCUT2D eigenvalue weighted by atomic mass is 32.2. The second-order valence-electron chi connectivity index (χ2n) is 9.46. The van der Waals surface area contributed by atoms with Crippen LogP contribution < -0.4 is 14.4 Å². The van der Waals surface area contributed by atoms with Crippen molar-refractivity contribution in [1.82, 2.24) is 10.2 Å². The molecule has 1 unspecified atom stereocenters. The Morgan fingerprint density at radius 3 is 2.26 bits per heavy atom. The van der Waals surface area contributed by atoms with Crippen LogP contribution in [0.4, 0.5) is 5.69 Å². The van der Waals surface area contributed by atoms with Crippen molar-refractivity contribution in [2.75, 3.05) is 30.8 Å². The van der Waals surface area contributed by atoms with E-state index in [0.717, 1.165) is 32.8 Å². The van der Waals surface area contributed by atoms with E-state index < -0.39 is 28.5 Å². The van der Waals surface area contributed by atoms with Crippen LogP contribution in [0, 0.1) is 13.8 Å². The van der Waals surface area contributed by atoms with Gasteiger partial charge in [-0.05, 0) is 61.2 Å². The fraction of sp³-hybridized carbons (Fsp3) is 0.333. The van der Waals surface area contributed by atoms with E-state index in [9.17, 15) is 18.0 Å². The Balaban J connectivity index is 2.08. The maximum Gasteiger partial charge on any atom is 0.244 e. The number of nitrogens with one attached hydrogen (secondary N) is 1. The Morgan fingerprint density at radius 2 is 1.62 bits per heavy atom. The van der Waals surface area contributed by atoms with Gasteiger partial charge in [0.2, 0.25) is 21.8 Å². The van der Waals surface area contributed by atoms with Gasteiger partial charge in [0.1, 0.15) is 18.3 Å². The first-order valence-electron chi connectivity index (χ1n) is 12.8. The Kier molecular flexibility index (Phi) is 10.1. The summed E-state index contributed by atoms with van der Waals surface area (Å²) < 4.78 is 32.4. The van der Waals surface area contributed by atoms with Gasteiger partial charge in [-0.1, -0.05) is 54.6 Å². The van der Waals surface area contributed by atoms with Gasteiger partial charge >= 0.3 is 0 Å². The zero-order chi connectivity index (χ0) is 28.6. The highest BCUT2D eigenvalue weighted by Crippen LogP contribution is 2.26. The number of likely N-dealkylation sites (N-methyl/N-ethyl adjacent to an activating group) is 1. The van der Waals surface area contributed by atoms with Crippen molar-refractivity contribution < 1.29 is 22.7 Å². The highest BCUT2D eigenvalue weighted by molar-refractivity contribution is 7.92. The number of rotatable bonds is 12. The van der Waals surface area contributed by atoms with Gasteiger partial charge in [0.05, 0.1) is 19.1 Å². The molecule has 208 valence electrons. The van der Waals surface area contributed by atoms with Gasteiger partial charge in [0.25, 0.3) is 0 Å². The molecule has 1 N–H and O–H groups in total. The van der Waals surface area contributed by atoms with Gasteiger partial charge in [-0.25, -0.2) is 8.42 Å². The van der Waals surface area contributed by atoms with Gasteiger partial charge in [0.15, 0.2) is 0 Å². The average molecular weight is 552 g/mol. The Hall–Kier alpha value is -3.85. The third kappa shape index (κ3) is 7.83. The molecule has 0 aliphatic heterocycles. The van der Waals surface area contributed by atoms with Crippen LogP contribution in [0.1, 0.15) is 29.2 Å². The normalized spacial score (nSPS) is 11.9. The van der Waals surface area contributed by atoms with Crippen molar-refractivity contribution in [3.05, 3.63) is 95.1 Å². The fourth-order valence-corrected chi connectivity index (χ4v) is 5.31. The van der Waals surface area contributed by atoms with E-state index in [1.54, 1.807) is 31.4 Å². The lowest BCUT2D eigenvalue weighted by Gasteiger charge is -2.34. The number of anilines is 1. The molecule has 8 nitrogen and oxygen atoms in total. The quantitative estimate of drug-likeness (QED) is 0.369. The first-order chi connectivity index (χ1) is 18.5. The lowest BCUT2D eigenvalue weighted by Crippen LogP contribution is -2.53. The largest absolute Gasteiger partial charge is 0.497 e. The molecule has 0 aromatic heterocycles. The van der Waals surface area contributed by atoms with Gasteiger partial charge in [0, 0.05) is 19.5 Å². The lowest BCUT2D eigenvalue weighted by atomic mass is 10.0. The van der Waals surface area contributed by atoms with Crippen molar-refractivity contribution >= 4 is 27.5 Å². The number of nitrogens with zero attached hydrogens (tertiary/aromatic N) is 2. The van der Waals surface area contributed by atoms with Crippen LogP contribution in [-0.2, 0) is 32.6 Å². The minimum atomic E-state index is -3.82. The van der Waals surface area contributed by atoms with Crippen LogP contribution in [0.5, 0.6) is 5.75 Å². The molecule has 3 aromatic carbocycles. The maximum atomic E-state index is 14.1. The molecule has 0 aliphatic carbocycles. The van der Waals surface area contributed by atoms with Crippen molar-refractivity contribution in [2.24, 2.45) is 0 Å². The molecule has 9 heteroatoms. The minimum Gasteiger partial charge on any atom is -0.497 e. The standard InChI is InChI=1S/C30H37N3O5S/c1-6-31-30(35)28(19-24-13-8-7-9-14-24)32(20-25-15-11-16-26(18-25)38-4)29(34)21-33(39(5,36)37)27-17-10-12-22(2)23(27)3/h7-18,28H,6,19-21H2,1-5H3,(H,31,35). The molecule has 0 heterocycles. The summed E-state index contributed by atoms with van der Waals surface area (Å²) in [5, 5.41) is 2.85. The number of carbonyl (C=O) groups is 2. The number of hydrogen-bond donors (Lipinski definition) is 1. The van der Waals surface area contributed by atoms with E-state index in [-0.39, 0.29) is 18.9 Å². The summed E-state index contributed by atoms with van der Waals surface area (Å²) in [6, 6.07) is 21.2. The Bertz CT molecular complexity index is 1390. The monoisotopic (exact) mass is 551 g/mol. The predicted octanol–water partition coefficient (Wildman–Crippen LogP) is 3.85. The van der Waals surface area contributed by atoms with E-state index in [2.05, 4.69) is 5.32 Å². The third-order valence-electron chi connectivity index (χ3n) is 6.63. The lowest BCUT2D eigenvalue weighted by molar-refractivity contribution is -0.140. The Labute approximate surface area is 231 Å². The van der Waals surface area contributed by atoms with Crippen molar-refractivity contribution in [1.29, 1.82) is 0 Å². The molecule has 3 rings (SSSR count). The van der Waals surface area contributed by atoms with Crippen LogP contribution in [0.2, 0.25) is 0 Å². The van der Waals surface area contributed by atoms with E-state index in [1.807, 2.05) is 69.3 Å². The fourth-order valence-electron chi connectivity index (χ4n) is 4.41. The Morgan fingerprint density at radius 1 is 0.949 bits per heavy atom. The van der Waals surface area contributed by atoms with Crippen molar-refractivity contribution in [2.45, 2.75) is 39.8 Å². The number of methoxy groups -OCH3 is 1. The molecule has 0 spiro atoms. The number of hydrogen-bond acceptors (Lipinski definition) is 5. The smallest absolute Gasteiger partial charge is 0.244 e. The third-order valence-corrected chi connectivity index (χ3v) is 7.76. The van der Waals surface area contributed by atoms with E-state index >= 15 is 0 Å². The molecule has 0 saturated heterocycles. The zero-order valence-electron chi connectivity index (χ0n) is 23.2. The molecule has 39 heavy (non-hydrogen) atoms. The number of aryl methyl sites for hydroxylation is 1. The van der Waals surface area contributed by atoms with Gasteiger partial charge < -0.3 is 15.0 Å². The first kappa shape index (κ1) is 29.7. The second kappa shape index (κ2) is 13.3. The molecule has 0 bridgehead atoms. The first-order valence-corrected chi connectivity index (χ1v) is 14.7. The molecule has 0 radical (unpaired) electrons. The molecule has 0 saturated carbocycles. The van der Waals surface area contributed by atoms with E-state index in [0.29, 0.717) is 18.0 Å². The van der Waals surface area contributed by atoms with Crippen LogP contribution in [-0.4, -0.2) is 57.6 Å². The van der Waals surface area contributed by atoms with Gasteiger partial charge in [-0.3, -0.25) is 13.9 Å². The highest BCUT2D eigenvalue weighted by Gasteiger charge is 2.33. The molecule has 0 fully saturated rings. The van der Waals surface area contributed by atoms with E-state index in [4.69, 9.17) is 4.74 Å². The van der Waals surface area contributed by atoms with Crippen LogP contribution in [0.15, 0.2) is 72.8 Å². The predicted molar refractivity (Wildman–Crippen MR) is 154 cm³/mol. The van der Waals surface area contributed by atoms with Crippen LogP contribution >= 0.6 is 0 Å². The summed E-state index contributed by atoms with van der Waals surface area (Å²) in [7, 11) is -2.26. The number of benzene rings is 3. The zero-order valence-corrected chi connectivity index (χ0v) is 24.0. The molecule has 2 amide bonds. The second-order valence-corrected chi connectivity index (χ2v) is 11.4. The molecule has 0 aliphatic rings. The SMILES string of the molecule is CCNC(=O)C(Cc1ccccc1)N(Cc1cccc(OC)c1)C(=O)CN(c1cccc(C)c1C)S(C)(=O)=O. The number of carbonyl (C=O) groups excluding carboxylic acids is 2. The van der Waals surface area contributed by atoms with E-state index in [1.165, 1.54) is 4.90 Å². The maximum absolute atomic E-state index is 14.1. The average Bonchev–Trinajstić information content (AvgIpc) is 2.91. The topological polar surface area (TPSA) is 96.0 Å². The van der Waals surface area contributed by atoms with Crippen molar-refractivity contribution in [3.63, 3.8) is 0 Å². The molecule has 3 aromatic rings. The molecule has 1 atom stereocenters.